The predicted molar refractivity (Wildman–Crippen MR) is 146 cm³/mol. The van der Waals surface area contributed by atoms with Gasteiger partial charge in [-0.15, -0.1) is 0 Å². The van der Waals surface area contributed by atoms with Crippen molar-refractivity contribution in [1.82, 2.24) is 5.32 Å². The van der Waals surface area contributed by atoms with Gasteiger partial charge in [0, 0.05) is 28.9 Å². The largest absolute Gasteiger partial charge is 0.491 e. The van der Waals surface area contributed by atoms with Crippen LogP contribution in [0.15, 0.2) is 60.7 Å². The van der Waals surface area contributed by atoms with Gasteiger partial charge in [-0.05, 0) is 61.1 Å². The molecule has 1 aliphatic carbocycles. The maximum Gasteiger partial charge on any atom is 0.251 e. The van der Waals surface area contributed by atoms with E-state index in [-0.39, 0.29) is 31.3 Å². The molecule has 2 amide bonds. The van der Waals surface area contributed by atoms with Crippen LogP contribution < -0.4 is 24.4 Å². The van der Waals surface area contributed by atoms with E-state index in [9.17, 15) is 9.59 Å². The fourth-order valence-electron chi connectivity index (χ4n) is 6.71. The maximum absolute atomic E-state index is 14.2. The van der Waals surface area contributed by atoms with Crippen LogP contribution in [-0.4, -0.2) is 31.3 Å². The minimum atomic E-state index is -0.929. The lowest BCUT2D eigenvalue weighted by molar-refractivity contribution is -0.122. The molecule has 4 aliphatic rings. The first-order valence-electron chi connectivity index (χ1n) is 13.9. The smallest absolute Gasteiger partial charge is 0.251 e. The van der Waals surface area contributed by atoms with E-state index in [0.717, 1.165) is 22.4 Å². The number of hydrogen-bond donors (Lipinski definition) is 1. The zero-order valence-electron chi connectivity index (χ0n) is 22.1. The van der Waals surface area contributed by atoms with E-state index < -0.39 is 5.41 Å². The molecule has 3 aliphatic heterocycles. The number of para-hydroxylation sites is 1. The highest BCUT2D eigenvalue weighted by Crippen LogP contribution is 2.55. The molecule has 1 unspecified atom stereocenters. The van der Waals surface area contributed by atoms with Crippen molar-refractivity contribution in [2.45, 2.75) is 57.0 Å². The fraction of sp³-hybridized carbons (Fsp3) is 0.375. The van der Waals surface area contributed by atoms with Crippen molar-refractivity contribution >= 4 is 17.5 Å². The SMILES string of the molecule is C[C@H](NC(=O)c1ccc(CN2C(=O)C3(COc4cc5c(cc43)OCO5)c3ccccc32)cc1)C1CCCCC1. The number of amides is 2. The molecule has 2 atom stereocenters. The molecule has 0 bridgehead atoms. The predicted octanol–water partition coefficient (Wildman–Crippen LogP) is 5.34. The molecule has 7 heteroatoms. The van der Waals surface area contributed by atoms with Crippen LogP contribution in [-0.2, 0) is 16.8 Å². The summed E-state index contributed by atoms with van der Waals surface area (Å²) in [5, 5.41) is 3.20. The summed E-state index contributed by atoms with van der Waals surface area (Å²) in [6.07, 6.45) is 6.18. The normalized spacial score (nSPS) is 22.0. The van der Waals surface area contributed by atoms with Crippen molar-refractivity contribution in [3.05, 3.63) is 82.9 Å². The summed E-state index contributed by atoms with van der Waals surface area (Å²) >= 11 is 0. The summed E-state index contributed by atoms with van der Waals surface area (Å²) in [6.45, 7) is 2.91. The average molecular weight is 525 g/mol. The number of carbonyl (C=O) groups is 2. The second-order valence-electron chi connectivity index (χ2n) is 11.2. The third-order valence-electron chi connectivity index (χ3n) is 8.92. The van der Waals surface area contributed by atoms with Gasteiger partial charge in [-0.1, -0.05) is 49.6 Å². The minimum absolute atomic E-state index is 0.0237. The van der Waals surface area contributed by atoms with Crippen LogP contribution in [0.25, 0.3) is 0 Å². The monoisotopic (exact) mass is 524 g/mol. The average Bonchev–Trinajstić information content (AvgIpc) is 3.65. The first kappa shape index (κ1) is 24.1. The van der Waals surface area contributed by atoms with Gasteiger partial charge >= 0.3 is 0 Å². The molecule has 1 saturated carbocycles. The summed E-state index contributed by atoms with van der Waals surface area (Å²) in [6, 6.07) is 19.4. The van der Waals surface area contributed by atoms with E-state index in [0.29, 0.717) is 35.3 Å². The van der Waals surface area contributed by atoms with Crippen molar-refractivity contribution in [2.75, 3.05) is 18.3 Å². The van der Waals surface area contributed by atoms with Gasteiger partial charge in [0.2, 0.25) is 12.7 Å². The second-order valence-corrected chi connectivity index (χ2v) is 11.2. The molecule has 7 nitrogen and oxygen atoms in total. The van der Waals surface area contributed by atoms with Crippen molar-refractivity contribution in [3.8, 4) is 17.2 Å². The van der Waals surface area contributed by atoms with Crippen LogP contribution >= 0.6 is 0 Å². The van der Waals surface area contributed by atoms with Crippen LogP contribution in [0.2, 0.25) is 0 Å². The van der Waals surface area contributed by atoms with E-state index >= 15 is 0 Å². The highest BCUT2D eigenvalue weighted by atomic mass is 16.7. The maximum atomic E-state index is 14.2. The number of carbonyl (C=O) groups excluding carboxylic acids is 2. The number of anilines is 1. The quantitative estimate of drug-likeness (QED) is 0.488. The molecule has 7 rings (SSSR count). The van der Waals surface area contributed by atoms with Crippen LogP contribution in [0.4, 0.5) is 5.69 Å². The third-order valence-corrected chi connectivity index (χ3v) is 8.92. The Bertz CT molecular complexity index is 1450. The molecular formula is C32H32N2O5. The summed E-state index contributed by atoms with van der Waals surface area (Å²) in [5.41, 5.74) is 3.28. The number of hydrogen-bond acceptors (Lipinski definition) is 5. The van der Waals surface area contributed by atoms with Gasteiger partial charge < -0.3 is 24.4 Å². The van der Waals surface area contributed by atoms with Crippen molar-refractivity contribution in [2.24, 2.45) is 5.92 Å². The molecule has 200 valence electrons. The van der Waals surface area contributed by atoms with Gasteiger partial charge in [0.25, 0.3) is 5.91 Å². The first-order valence-corrected chi connectivity index (χ1v) is 13.9. The topological polar surface area (TPSA) is 77.1 Å². The lowest BCUT2D eigenvalue weighted by Gasteiger charge is -2.28. The molecule has 3 heterocycles. The number of rotatable bonds is 5. The highest BCUT2D eigenvalue weighted by molar-refractivity contribution is 6.11. The molecule has 1 N–H and O–H groups in total. The minimum Gasteiger partial charge on any atom is -0.491 e. The standard InChI is InChI=1S/C32H32N2O5/c1-20(22-7-3-2-4-8-22)33-30(35)23-13-11-21(12-14-23)17-34-26-10-6-5-9-24(26)32(31(34)36)18-37-27-16-29-28(15-25(27)32)38-19-39-29/h5-6,9-16,20,22H,2-4,7-8,17-19H2,1H3,(H,33,35)/t20-,32?/m0/s1. The Hall–Kier alpha value is -4.00. The van der Waals surface area contributed by atoms with E-state index in [4.69, 9.17) is 14.2 Å². The Morgan fingerprint density at radius 3 is 2.49 bits per heavy atom. The Labute approximate surface area is 228 Å². The Morgan fingerprint density at radius 1 is 0.949 bits per heavy atom. The van der Waals surface area contributed by atoms with Crippen molar-refractivity contribution in [1.29, 1.82) is 0 Å². The van der Waals surface area contributed by atoms with E-state index in [2.05, 4.69) is 12.2 Å². The zero-order valence-corrected chi connectivity index (χ0v) is 22.1. The van der Waals surface area contributed by atoms with Crippen LogP contribution in [0.3, 0.4) is 0 Å². The van der Waals surface area contributed by atoms with Crippen LogP contribution in [0.5, 0.6) is 17.2 Å². The van der Waals surface area contributed by atoms with Crippen molar-refractivity contribution in [3.63, 3.8) is 0 Å². The molecule has 0 radical (unpaired) electrons. The summed E-state index contributed by atoms with van der Waals surface area (Å²) in [4.78, 5) is 29.0. The van der Waals surface area contributed by atoms with Gasteiger partial charge in [-0.2, -0.15) is 0 Å². The van der Waals surface area contributed by atoms with Crippen LogP contribution in [0.1, 0.15) is 66.1 Å². The molecular weight excluding hydrogens is 492 g/mol. The van der Waals surface area contributed by atoms with Gasteiger partial charge in [0.05, 0.1) is 6.54 Å². The number of ether oxygens (including phenoxy) is 3. The lowest BCUT2D eigenvalue weighted by atomic mass is 9.77. The van der Waals surface area contributed by atoms with Gasteiger partial charge in [-0.3, -0.25) is 9.59 Å². The summed E-state index contributed by atoms with van der Waals surface area (Å²) in [5.74, 6) is 2.42. The molecule has 3 aromatic rings. The van der Waals surface area contributed by atoms with Crippen LogP contribution in [0, 0.1) is 5.92 Å². The Morgan fingerprint density at radius 2 is 1.69 bits per heavy atom. The van der Waals surface area contributed by atoms with Gasteiger partial charge in [0.15, 0.2) is 11.5 Å². The molecule has 0 aromatic heterocycles. The summed E-state index contributed by atoms with van der Waals surface area (Å²) < 4.78 is 17.2. The third kappa shape index (κ3) is 3.86. The first-order chi connectivity index (χ1) is 19.0. The van der Waals surface area contributed by atoms with E-state index in [1.165, 1.54) is 32.1 Å². The molecule has 3 aromatic carbocycles. The Kier molecular flexibility index (Phi) is 5.76. The molecule has 0 saturated heterocycles. The number of fused-ring (bicyclic) bond motifs is 5. The van der Waals surface area contributed by atoms with Crippen molar-refractivity contribution < 1.29 is 23.8 Å². The zero-order chi connectivity index (χ0) is 26.6. The molecule has 39 heavy (non-hydrogen) atoms. The lowest BCUT2D eigenvalue weighted by Crippen LogP contribution is -2.42. The second kappa shape index (κ2) is 9.33. The highest BCUT2D eigenvalue weighted by Gasteiger charge is 2.57. The summed E-state index contributed by atoms with van der Waals surface area (Å²) in [7, 11) is 0. The van der Waals surface area contributed by atoms with Gasteiger partial charge in [-0.25, -0.2) is 0 Å². The van der Waals surface area contributed by atoms with E-state index in [1.807, 2.05) is 65.6 Å². The number of benzene rings is 3. The fourth-order valence-corrected chi connectivity index (χ4v) is 6.71. The Balaban J connectivity index is 1.13. The number of nitrogens with one attached hydrogen (secondary N) is 1. The van der Waals surface area contributed by atoms with Gasteiger partial charge in [0.1, 0.15) is 17.8 Å². The van der Waals surface area contributed by atoms with E-state index in [1.54, 1.807) is 0 Å². The number of nitrogens with zero attached hydrogens (tertiary/aromatic N) is 1. The molecule has 1 spiro atoms. The molecule has 1 fully saturated rings.